The quantitative estimate of drug-likeness (QED) is 0.407. The van der Waals surface area contributed by atoms with Crippen molar-refractivity contribution in [2.24, 2.45) is 0 Å². The van der Waals surface area contributed by atoms with Crippen LogP contribution in [0, 0.1) is 0 Å². The summed E-state index contributed by atoms with van der Waals surface area (Å²) in [7, 11) is -6.11. The number of piperazine rings is 1. The number of methoxy groups -OCH3 is 1. The minimum atomic E-state index is -4.03. The van der Waals surface area contributed by atoms with E-state index in [1.165, 1.54) is 23.5 Å². The Kier molecular flexibility index (Phi) is 8.83. The van der Waals surface area contributed by atoms with E-state index < -0.39 is 31.8 Å². The maximum absolute atomic E-state index is 13.6. The first-order chi connectivity index (χ1) is 18.2. The monoisotopic (exact) mass is 557 g/mol. The Morgan fingerprint density at radius 3 is 2.24 bits per heavy atom. The van der Waals surface area contributed by atoms with E-state index in [4.69, 9.17) is 4.74 Å². The summed E-state index contributed by atoms with van der Waals surface area (Å²) in [6.45, 7) is 0.802. The van der Waals surface area contributed by atoms with Gasteiger partial charge in [0.05, 0.1) is 22.7 Å². The Morgan fingerprint density at radius 1 is 0.895 bits per heavy atom. The molecule has 0 spiro atoms. The molecule has 9 nitrogen and oxygen atoms in total. The molecule has 0 radical (unpaired) electrons. The molecule has 1 amide bonds. The van der Waals surface area contributed by atoms with Crippen molar-refractivity contribution in [1.82, 2.24) is 14.5 Å². The number of rotatable bonds is 10. The number of hydrogen-bond acceptors (Lipinski definition) is 7. The zero-order valence-corrected chi connectivity index (χ0v) is 22.7. The fraction of sp³-hybridized carbons (Fsp3) is 0.296. The van der Waals surface area contributed by atoms with Crippen molar-refractivity contribution in [3.63, 3.8) is 0 Å². The lowest BCUT2D eigenvalue weighted by Gasteiger charge is -2.39. The fourth-order valence-corrected chi connectivity index (χ4v) is 7.23. The van der Waals surface area contributed by atoms with E-state index in [9.17, 15) is 21.6 Å². The number of sulfone groups is 1. The van der Waals surface area contributed by atoms with Crippen LogP contribution in [0.3, 0.4) is 0 Å². The van der Waals surface area contributed by atoms with Gasteiger partial charge in [-0.25, -0.2) is 16.8 Å². The molecule has 1 unspecified atom stereocenters. The third-order valence-corrected chi connectivity index (χ3v) is 10.1. The summed E-state index contributed by atoms with van der Waals surface area (Å²) in [4.78, 5) is 15.4. The van der Waals surface area contributed by atoms with Crippen LogP contribution in [0.1, 0.15) is 5.56 Å². The van der Waals surface area contributed by atoms with Crippen LogP contribution in [0.2, 0.25) is 0 Å². The van der Waals surface area contributed by atoms with E-state index in [2.05, 4.69) is 5.32 Å². The first-order valence-electron chi connectivity index (χ1n) is 12.2. The Balaban J connectivity index is 1.54. The van der Waals surface area contributed by atoms with Gasteiger partial charge in [-0.3, -0.25) is 9.69 Å². The average Bonchev–Trinajstić information content (AvgIpc) is 2.95. The second-order valence-electron chi connectivity index (χ2n) is 8.95. The molecule has 1 atom stereocenters. The second kappa shape index (κ2) is 12.1. The number of carbonyl (C=O) groups is 1. The van der Waals surface area contributed by atoms with Gasteiger partial charge in [-0.05, 0) is 29.8 Å². The highest BCUT2D eigenvalue weighted by molar-refractivity contribution is 7.91. The number of carbonyl (C=O) groups excluding carboxylic acids is 1. The van der Waals surface area contributed by atoms with E-state index >= 15 is 0 Å². The first kappa shape index (κ1) is 27.8. The number of benzene rings is 3. The lowest BCUT2D eigenvalue weighted by Crippen LogP contribution is -2.60. The Morgan fingerprint density at radius 2 is 1.55 bits per heavy atom. The van der Waals surface area contributed by atoms with Crippen molar-refractivity contribution in [3.05, 3.63) is 90.5 Å². The lowest BCUT2D eigenvalue weighted by atomic mass is 10.1. The van der Waals surface area contributed by atoms with Crippen molar-refractivity contribution < 1.29 is 26.4 Å². The third kappa shape index (κ3) is 6.60. The van der Waals surface area contributed by atoms with E-state index in [1.807, 2.05) is 35.2 Å². The average molecular weight is 558 g/mol. The SMILES string of the molecule is COc1cccc(S(=O)(=O)N2CCN(CCS(=O)(=O)c3ccccc3)CC2C(=O)NCc2ccccc2)c1. The minimum Gasteiger partial charge on any atom is -0.497 e. The number of ether oxygens (including phenoxy) is 1. The predicted octanol–water partition coefficient (Wildman–Crippen LogP) is 2.16. The molecule has 1 saturated heterocycles. The second-order valence-corrected chi connectivity index (χ2v) is 12.9. The van der Waals surface area contributed by atoms with Gasteiger partial charge in [-0.2, -0.15) is 4.31 Å². The van der Waals surface area contributed by atoms with Crippen LogP contribution in [-0.2, 0) is 31.2 Å². The molecule has 3 aromatic rings. The van der Waals surface area contributed by atoms with Crippen molar-refractivity contribution in [2.75, 3.05) is 39.0 Å². The number of amides is 1. The molecule has 1 aliphatic heterocycles. The summed E-state index contributed by atoms with van der Waals surface area (Å²) in [6.07, 6.45) is 0. The molecule has 1 aliphatic rings. The van der Waals surface area contributed by atoms with E-state index in [-0.39, 0.29) is 48.3 Å². The van der Waals surface area contributed by atoms with Gasteiger partial charge < -0.3 is 10.1 Å². The van der Waals surface area contributed by atoms with Crippen molar-refractivity contribution in [1.29, 1.82) is 0 Å². The van der Waals surface area contributed by atoms with Gasteiger partial charge in [0.2, 0.25) is 15.9 Å². The van der Waals surface area contributed by atoms with Crippen LogP contribution < -0.4 is 10.1 Å². The molecule has 0 aromatic heterocycles. The third-order valence-electron chi connectivity index (χ3n) is 6.45. The van der Waals surface area contributed by atoms with Gasteiger partial charge in [0.25, 0.3) is 0 Å². The molecule has 4 rings (SSSR count). The van der Waals surface area contributed by atoms with Gasteiger partial charge in [-0.15, -0.1) is 0 Å². The summed E-state index contributed by atoms with van der Waals surface area (Å²) < 4.78 is 59.2. The molecule has 202 valence electrons. The van der Waals surface area contributed by atoms with E-state index in [0.29, 0.717) is 5.75 Å². The van der Waals surface area contributed by atoms with Crippen LogP contribution in [0.15, 0.2) is 94.7 Å². The Labute approximate surface area is 224 Å². The molecular weight excluding hydrogens is 526 g/mol. The molecule has 0 aliphatic carbocycles. The predicted molar refractivity (Wildman–Crippen MR) is 144 cm³/mol. The maximum Gasteiger partial charge on any atom is 0.244 e. The molecule has 0 saturated carbocycles. The van der Waals surface area contributed by atoms with Crippen LogP contribution in [0.4, 0.5) is 0 Å². The standard InChI is InChI=1S/C27H31N3O6S2/c1-36-23-11-8-14-25(19-23)38(34,35)30-16-15-29(17-18-37(32,33)24-12-6-3-7-13-24)21-26(30)27(31)28-20-22-9-4-2-5-10-22/h2-14,19,26H,15-18,20-21H2,1H3,(H,28,31). The van der Waals surface area contributed by atoms with Gasteiger partial charge >= 0.3 is 0 Å². The van der Waals surface area contributed by atoms with Gasteiger partial charge in [0.1, 0.15) is 11.8 Å². The fourth-order valence-electron chi connectivity index (χ4n) is 4.32. The van der Waals surface area contributed by atoms with Crippen molar-refractivity contribution in [2.45, 2.75) is 22.4 Å². The van der Waals surface area contributed by atoms with Gasteiger partial charge in [0.15, 0.2) is 9.84 Å². The van der Waals surface area contributed by atoms with E-state index in [1.54, 1.807) is 42.5 Å². The molecule has 1 heterocycles. The van der Waals surface area contributed by atoms with Crippen LogP contribution in [0.25, 0.3) is 0 Å². The number of nitrogens with one attached hydrogen (secondary N) is 1. The molecular formula is C27H31N3O6S2. The van der Waals surface area contributed by atoms with Crippen LogP contribution in [-0.4, -0.2) is 77.0 Å². The summed E-state index contributed by atoms with van der Waals surface area (Å²) >= 11 is 0. The Bertz CT molecular complexity index is 1450. The van der Waals surface area contributed by atoms with Gasteiger partial charge in [0, 0.05) is 38.8 Å². The molecule has 0 bridgehead atoms. The van der Waals surface area contributed by atoms with Crippen molar-refractivity contribution in [3.8, 4) is 5.75 Å². The lowest BCUT2D eigenvalue weighted by molar-refractivity contribution is -0.126. The summed E-state index contributed by atoms with van der Waals surface area (Å²) in [6, 6.07) is 22.6. The molecule has 11 heteroatoms. The summed E-state index contributed by atoms with van der Waals surface area (Å²) in [5, 5.41) is 2.85. The molecule has 3 aromatic carbocycles. The number of nitrogens with zero attached hydrogens (tertiary/aromatic N) is 2. The van der Waals surface area contributed by atoms with E-state index in [0.717, 1.165) is 5.56 Å². The highest BCUT2D eigenvalue weighted by Crippen LogP contribution is 2.25. The first-order valence-corrected chi connectivity index (χ1v) is 15.3. The summed E-state index contributed by atoms with van der Waals surface area (Å²) in [5.41, 5.74) is 0.879. The molecule has 1 fully saturated rings. The van der Waals surface area contributed by atoms with Gasteiger partial charge in [-0.1, -0.05) is 54.6 Å². The highest BCUT2D eigenvalue weighted by atomic mass is 32.2. The topological polar surface area (TPSA) is 113 Å². The smallest absolute Gasteiger partial charge is 0.244 e. The minimum absolute atomic E-state index is 0.0258. The Hall–Kier alpha value is -3.25. The molecule has 1 N–H and O–H groups in total. The number of sulfonamides is 1. The normalized spacial score (nSPS) is 17.1. The summed E-state index contributed by atoms with van der Waals surface area (Å²) in [5.74, 6) is -0.199. The van der Waals surface area contributed by atoms with Crippen LogP contribution in [0.5, 0.6) is 5.75 Å². The van der Waals surface area contributed by atoms with Crippen molar-refractivity contribution >= 4 is 25.8 Å². The van der Waals surface area contributed by atoms with Crippen LogP contribution >= 0.6 is 0 Å². The number of hydrogen-bond donors (Lipinski definition) is 1. The molecule has 38 heavy (non-hydrogen) atoms. The maximum atomic E-state index is 13.6. The zero-order chi connectivity index (χ0) is 27.2. The highest BCUT2D eigenvalue weighted by Gasteiger charge is 2.40. The zero-order valence-electron chi connectivity index (χ0n) is 21.1. The largest absolute Gasteiger partial charge is 0.497 e.